The van der Waals surface area contributed by atoms with Crippen LogP contribution in [0.3, 0.4) is 0 Å². The minimum absolute atomic E-state index is 0.00194. The summed E-state index contributed by atoms with van der Waals surface area (Å²) in [7, 11) is 0. The lowest BCUT2D eigenvalue weighted by molar-refractivity contribution is -0.241. The smallest absolute Gasteiger partial charge is 0.0631 e. The van der Waals surface area contributed by atoms with Gasteiger partial charge in [0.05, 0.1) is 6.10 Å². The van der Waals surface area contributed by atoms with E-state index in [1.165, 1.54) is 63.4 Å². The van der Waals surface area contributed by atoms with Crippen molar-refractivity contribution >= 4 is 0 Å². The molecule has 0 amide bonds. The maximum atomic E-state index is 11.0. The number of aliphatic hydroxyl groups is 1. The SMILES string of the molecule is C=C1CC(O)C(C)(C)C2CCC3(C)C(CCC4C5C(C)CCCC5(C)CCC43C)C12C. The average molecular weight is 427 g/mol. The first-order valence-corrected chi connectivity index (χ1v) is 13.7. The molecule has 31 heavy (non-hydrogen) atoms. The predicted molar refractivity (Wildman–Crippen MR) is 131 cm³/mol. The topological polar surface area (TPSA) is 20.2 Å². The van der Waals surface area contributed by atoms with Crippen LogP contribution in [-0.2, 0) is 0 Å². The van der Waals surface area contributed by atoms with Crippen LogP contribution in [0.1, 0.15) is 113 Å². The van der Waals surface area contributed by atoms with Crippen LogP contribution in [0.25, 0.3) is 0 Å². The molecule has 5 saturated carbocycles. The van der Waals surface area contributed by atoms with Crippen molar-refractivity contribution in [2.75, 3.05) is 0 Å². The molecule has 10 atom stereocenters. The van der Waals surface area contributed by atoms with Crippen LogP contribution in [0.2, 0.25) is 0 Å². The third kappa shape index (κ3) is 2.60. The second kappa shape index (κ2) is 6.64. The van der Waals surface area contributed by atoms with Crippen LogP contribution in [0.4, 0.5) is 0 Å². The van der Waals surface area contributed by atoms with Crippen molar-refractivity contribution in [3.63, 3.8) is 0 Å². The quantitative estimate of drug-likeness (QED) is 0.389. The molecule has 0 aromatic heterocycles. The molecule has 0 aliphatic heterocycles. The first kappa shape index (κ1) is 22.5. The van der Waals surface area contributed by atoms with Crippen molar-refractivity contribution < 1.29 is 5.11 Å². The molecular weight excluding hydrogens is 376 g/mol. The van der Waals surface area contributed by atoms with Crippen LogP contribution in [0.5, 0.6) is 0 Å². The summed E-state index contributed by atoms with van der Waals surface area (Å²) in [4.78, 5) is 0. The average Bonchev–Trinajstić information content (AvgIpc) is 2.68. The van der Waals surface area contributed by atoms with E-state index in [0.717, 1.165) is 30.1 Å². The number of aliphatic hydroxyl groups excluding tert-OH is 1. The fraction of sp³-hybridized carbons (Fsp3) is 0.933. The number of rotatable bonds is 0. The molecule has 5 rings (SSSR count). The molecule has 5 aliphatic rings. The summed E-state index contributed by atoms with van der Waals surface area (Å²) in [6.45, 7) is 22.6. The van der Waals surface area contributed by atoms with Gasteiger partial charge in [0.2, 0.25) is 0 Å². The molecule has 176 valence electrons. The maximum Gasteiger partial charge on any atom is 0.0631 e. The van der Waals surface area contributed by atoms with Crippen molar-refractivity contribution in [3.05, 3.63) is 12.2 Å². The van der Waals surface area contributed by atoms with E-state index in [4.69, 9.17) is 0 Å². The summed E-state index contributed by atoms with van der Waals surface area (Å²) in [5, 5.41) is 11.0. The normalized spacial score (nSPS) is 58.5. The van der Waals surface area contributed by atoms with Gasteiger partial charge in [-0.15, -0.1) is 0 Å². The lowest BCUT2D eigenvalue weighted by Gasteiger charge is -2.74. The zero-order valence-corrected chi connectivity index (χ0v) is 21.7. The van der Waals surface area contributed by atoms with E-state index in [-0.39, 0.29) is 16.9 Å². The summed E-state index contributed by atoms with van der Waals surface area (Å²) < 4.78 is 0. The minimum Gasteiger partial charge on any atom is -0.392 e. The van der Waals surface area contributed by atoms with Gasteiger partial charge in [-0.2, -0.15) is 0 Å². The third-order valence-corrected chi connectivity index (χ3v) is 13.5. The van der Waals surface area contributed by atoms with E-state index >= 15 is 0 Å². The van der Waals surface area contributed by atoms with Gasteiger partial charge < -0.3 is 5.11 Å². The maximum absolute atomic E-state index is 11.0. The Labute approximate surface area is 192 Å². The first-order chi connectivity index (χ1) is 14.3. The molecule has 1 heteroatoms. The Morgan fingerprint density at radius 3 is 2.23 bits per heavy atom. The highest BCUT2D eigenvalue weighted by Crippen LogP contribution is 2.77. The molecule has 1 N–H and O–H groups in total. The molecule has 0 aromatic carbocycles. The summed E-state index contributed by atoms with van der Waals surface area (Å²) >= 11 is 0. The molecule has 5 aliphatic carbocycles. The van der Waals surface area contributed by atoms with Crippen molar-refractivity contribution in [3.8, 4) is 0 Å². The highest BCUT2D eigenvalue weighted by Gasteiger charge is 2.70. The second-order valence-electron chi connectivity index (χ2n) is 14.6. The Kier molecular flexibility index (Phi) is 4.82. The van der Waals surface area contributed by atoms with Gasteiger partial charge in [0.1, 0.15) is 0 Å². The van der Waals surface area contributed by atoms with Crippen molar-refractivity contribution in [2.45, 2.75) is 119 Å². The van der Waals surface area contributed by atoms with Gasteiger partial charge in [0, 0.05) is 0 Å². The van der Waals surface area contributed by atoms with E-state index in [0.29, 0.717) is 22.2 Å². The Bertz CT molecular complexity index is 766. The Hall–Kier alpha value is -0.300. The van der Waals surface area contributed by atoms with Gasteiger partial charge in [0.25, 0.3) is 0 Å². The molecule has 0 heterocycles. The molecule has 0 radical (unpaired) electrons. The largest absolute Gasteiger partial charge is 0.392 e. The standard InChI is InChI=1S/C30H50O/c1-19-10-9-14-27(5)16-17-28(6)21(25(19)27)11-12-23-29(28,7)15-13-22-26(3,4)24(31)18-20(2)30(22,23)8/h19,21-25,31H,2,9-18H2,1,3-8H3. The molecule has 5 fully saturated rings. The zero-order valence-electron chi connectivity index (χ0n) is 21.7. The second-order valence-corrected chi connectivity index (χ2v) is 14.6. The van der Waals surface area contributed by atoms with Crippen LogP contribution < -0.4 is 0 Å². The van der Waals surface area contributed by atoms with Crippen LogP contribution in [0, 0.1) is 56.7 Å². The fourth-order valence-electron chi connectivity index (χ4n) is 11.4. The van der Waals surface area contributed by atoms with Crippen LogP contribution in [0.15, 0.2) is 12.2 Å². The van der Waals surface area contributed by atoms with Gasteiger partial charge >= 0.3 is 0 Å². The minimum atomic E-state index is -0.229. The van der Waals surface area contributed by atoms with Crippen LogP contribution in [-0.4, -0.2) is 11.2 Å². The van der Waals surface area contributed by atoms with Gasteiger partial charge in [0.15, 0.2) is 0 Å². The molecule has 0 saturated heterocycles. The molecule has 0 bridgehead atoms. The molecule has 1 nitrogen and oxygen atoms in total. The van der Waals surface area contributed by atoms with E-state index in [2.05, 4.69) is 55.0 Å². The summed E-state index contributed by atoms with van der Waals surface area (Å²) in [5.74, 6) is 4.02. The highest BCUT2D eigenvalue weighted by atomic mass is 16.3. The molecule has 10 unspecified atom stereocenters. The predicted octanol–water partition coefficient (Wildman–Crippen LogP) is 8.02. The number of fused-ring (bicyclic) bond motifs is 7. The van der Waals surface area contributed by atoms with Crippen molar-refractivity contribution in [2.24, 2.45) is 56.7 Å². The van der Waals surface area contributed by atoms with E-state index < -0.39 is 0 Å². The number of hydrogen-bond donors (Lipinski definition) is 1. The highest BCUT2D eigenvalue weighted by molar-refractivity contribution is 5.28. The lowest BCUT2D eigenvalue weighted by atomic mass is 9.31. The molecule has 0 aromatic rings. The third-order valence-electron chi connectivity index (χ3n) is 13.5. The van der Waals surface area contributed by atoms with Crippen molar-refractivity contribution in [1.82, 2.24) is 0 Å². The van der Waals surface area contributed by atoms with E-state index in [9.17, 15) is 5.11 Å². The Morgan fingerprint density at radius 2 is 1.52 bits per heavy atom. The van der Waals surface area contributed by atoms with Gasteiger partial charge in [-0.25, -0.2) is 0 Å². The molecule has 0 spiro atoms. The van der Waals surface area contributed by atoms with Crippen molar-refractivity contribution in [1.29, 1.82) is 0 Å². The lowest BCUT2D eigenvalue weighted by Crippen LogP contribution is -2.67. The Morgan fingerprint density at radius 1 is 0.806 bits per heavy atom. The van der Waals surface area contributed by atoms with Gasteiger partial charge in [-0.05, 0) is 108 Å². The first-order valence-electron chi connectivity index (χ1n) is 13.7. The summed E-state index contributed by atoms with van der Waals surface area (Å²) in [5.41, 5.74) is 3.00. The fourth-order valence-corrected chi connectivity index (χ4v) is 11.4. The Balaban J connectivity index is 1.57. The monoisotopic (exact) mass is 426 g/mol. The zero-order chi connectivity index (χ0) is 22.6. The van der Waals surface area contributed by atoms with Gasteiger partial charge in [-0.1, -0.05) is 73.5 Å². The van der Waals surface area contributed by atoms with Gasteiger partial charge in [-0.3, -0.25) is 0 Å². The summed E-state index contributed by atoms with van der Waals surface area (Å²) in [6, 6.07) is 0. The molecular formula is C30H50O. The van der Waals surface area contributed by atoms with E-state index in [1.54, 1.807) is 0 Å². The number of hydrogen-bond acceptors (Lipinski definition) is 1. The van der Waals surface area contributed by atoms with E-state index in [1.807, 2.05) is 0 Å². The van der Waals surface area contributed by atoms with Crippen LogP contribution >= 0.6 is 0 Å². The summed E-state index contributed by atoms with van der Waals surface area (Å²) in [6.07, 6.45) is 13.3.